The first-order chi connectivity index (χ1) is 16.8. The predicted octanol–water partition coefficient (Wildman–Crippen LogP) is 6.51. The molecule has 0 bridgehead atoms. The van der Waals surface area contributed by atoms with E-state index in [-0.39, 0.29) is 22.9 Å². The molecule has 2 amide bonds. The number of nitriles is 1. The van der Waals surface area contributed by atoms with Gasteiger partial charge in [0, 0.05) is 21.4 Å². The fourth-order valence-corrected chi connectivity index (χ4v) is 5.23. The number of nitrogens with one attached hydrogen (secondary N) is 1. The number of hydrogen-bond acceptors (Lipinski definition) is 4. The molecule has 1 saturated heterocycles. The van der Waals surface area contributed by atoms with Crippen molar-refractivity contribution in [2.45, 2.75) is 18.6 Å². The summed E-state index contributed by atoms with van der Waals surface area (Å²) in [5.74, 6) is -1.44. The van der Waals surface area contributed by atoms with Gasteiger partial charge in [0.25, 0.3) is 5.91 Å². The standard InChI is InChI=1S/C26H18Cl2FN3O2S/c1-15-2-9-20(10-3-15)32-25(34)23(13-16-12-17(27)4-11-22(16)28)35-26(32)21(14-30)24(33)31-19-7-5-18(29)6-8-19/h2-12,23H,13H2,1H3,(H,31,33)/b26-21-/t23-/m1/s1. The molecule has 1 fully saturated rings. The van der Waals surface area contributed by atoms with Crippen LogP contribution in [-0.4, -0.2) is 17.1 Å². The Morgan fingerprint density at radius 3 is 2.46 bits per heavy atom. The van der Waals surface area contributed by atoms with Crippen LogP contribution in [0.25, 0.3) is 0 Å². The minimum atomic E-state index is -0.701. The summed E-state index contributed by atoms with van der Waals surface area (Å²) in [5, 5.41) is 13.0. The van der Waals surface area contributed by atoms with Gasteiger partial charge in [-0.25, -0.2) is 4.39 Å². The number of nitrogens with zero attached hydrogens (tertiary/aromatic N) is 2. The highest BCUT2D eigenvalue weighted by molar-refractivity contribution is 8.05. The van der Waals surface area contributed by atoms with Crippen molar-refractivity contribution >= 4 is 58.2 Å². The van der Waals surface area contributed by atoms with Crippen LogP contribution >= 0.6 is 35.0 Å². The first-order valence-corrected chi connectivity index (χ1v) is 12.1. The molecule has 0 aliphatic carbocycles. The summed E-state index contributed by atoms with van der Waals surface area (Å²) in [6.07, 6.45) is 0.257. The predicted molar refractivity (Wildman–Crippen MR) is 138 cm³/mol. The highest BCUT2D eigenvalue weighted by Gasteiger charge is 2.41. The third-order valence-corrected chi connectivity index (χ3v) is 7.18. The Hall–Kier alpha value is -3.31. The molecular weight excluding hydrogens is 508 g/mol. The molecule has 1 N–H and O–H groups in total. The van der Waals surface area contributed by atoms with Crippen LogP contribution in [0.4, 0.5) is 15.8 Å². The normalized spacial score (nSPS) is 16.7. The van der Waals surface area contributed by atoms with E-state index in [9.17, 15) is 19.2 Å². The number of anilines is 2. The van der Waals surface area contributed by atoms with Crippen molar-refractivity contribution in [1.29, 1.82) is 5.26 Å². The molecule has 3 aromatic rings. The van der Waals surface area contributed by atoms with Crippen molar-refractivity contribution in [2.75, 3.05) is 10.2 Å². The molecule has 3 aromatic carbocycles. The van der Waals surface area contributed by atoms with E-state index in [2.05, 4.69) is 5.32 Å². The molecule has 9 heteroatoms. The lowest BCUT2D eigenvalue weighted by Gasteiger charge is -2.19. The highest BCUT2D eigenvalue weighted by atomic mass is 35.5. The van der Waals surface area contributed by atoms with Crippen molar-refractivity contribution in [3.8, 4) is 6.07 Å². The maximum absolute atomic E-state index is 13.6. The topological polar surface area (TPSA) is 73.2 Å². The summed E-state index contributed by atoms with van der Waals surface area (Å²) in [7, 11) is 0. The van der Waals surface area contributed by atoms with Gasteiger partial charge in [-0.1, -0.05) is 52.7 Å². The second kappa shape index (κ2) is 10.5. The van der Waals surface area contributed by atoms with E-state index in [4.69, 9.17) is 23.2 Å². The number of amides is 2. The van der Waals surface area contributed by atoms with E-state index in [0.717, 1.165) is 17.3 Å². The van der Waals surface area contributed by atoms with E-state index in [1.165, 1.54) is 29.2 Å². The smallest absolute Gasteiger partial charge is 0.269 e. The zero-order valence-corrected chi connectivity index (χ0v) is 20.7. The molecule has 0 saturated carbocycles. The van der Waals surface area contributed by atoms with Crippen LogP contribution in [-0.2, 0) is 16.0 Å². The van der Waals surface area contributed by atoms with Gasteiger partial charge in [-0.2, -0.15) is 5.26 Å². The van der Waals surface area contributed by atoms with Gasteiger partial charge in [-0.05, 0) is 73.5 Å². The van der Waals surface area contributed by atoms with Crippen molar-refractivity contribution < 1.29 is 14.0 Å². The average molecular weight is 526 g/mol. The van der Waals surface area contributed by atoms with Crippen LogP contribution in [0.1, 0.15) is 11.1 Å². The summed E-state index contributed by atoms with van der Waals surface area (Å²) < 4.78 is 13.2. The summed E-state index contributed by atoms with van der Waals surface area (Å²) in [5.41, 5.74) is 2.31. The average Bonchev–Trinajstić information content (AvgIpc) is 3.14. The molecule has 35 heavy (non-hydrogen) atoms. The van der Waals surface area contributed by atoms with Crippen LogP contribution in [0, 0.1) is 24.1 Å². The summed E-state index contributed by atoms with van der Waals surface area (Å²) in [6, 6.07) is 19.4. The Morgan fingerprint density at radius 1 is 1.11 bits per heavy atom. The van der Waals surface area contributed by atoms with Gasteiger partial charge < -0.3 is 5.32 Å². The molecule has 0 unspecified atom stereocenters. The van der Waals surface area contributed by atoms with Gasteiger partial charge >= 0.3 is 0 Å². The molecule has 0 aromatic heterocycles. The zero-order chi connectivity index (χ0) is 25.1. The summed E-state index contributed by atoms with van der Waals surface area (Å²) >= 11 is 13.6. The first kappa shape index (κ1) is 24.8. The minimum absolute atomic E-state index is 0.212. The van der Waals surface area contributed by atoms with E-state index in [1.807, 2.05) is 25.1 Å². The van der Waals surface area contributed by atoms with Crippen molar-refractivity contribution in [3.05, 3.63) is 104 Å². The number of carbonyl (C=O) groups excluding carboxylic acids is 2. The fourth-order valence-electron chi connectivity index (χ4n) is 3.54. The van der Waals surface area contributed by atoms with Gasteiger partial charge in [0.05, 0.1) is 5.25 Å². The third kappa shape index (κ3) is 5.51. The Balaban J connectivity index is 1.73. The molecule has 1 atom stereocenters. The van der Waals surface area contributed by atoms with Crippen molar-refractivity contribution in [3.63, 3.8) is 0 Å². The largest absolute Gasteiger partial charge is 0.321 e. The molecule has 0 radical (unpaired) electrons. The van der Waals surface area contributed by atoms with Gasteiger partial charge in [-0.3, -0.25) is 14.5 Å². The monoisotopic (exact) mass is 525 g/mol. The van der Waals surface area contributed by atoms with Crippen LogP contribution in [0.5, 0.6) is 0 Å². The summed E-state index contributed by atoms with van der Waals surface area (Å²) in [6.45, 7) is 1.92. The number of aryl methyl sites for hydroxylation is 1. The number of rotatable bonds is 5. The lowest BCUT2D eigenvalue weighted by atomic mass is 10.1. The Morgan fingerprint density at radius 2 is 1.80 bits per heavy atom. The molecule has 1 heterocycles. The van der Waals surface area contributed by atoms with E-state index >= 15 is 0 Å². The Kier molecular flexibility index (Phi) is 7.46. The van der Waals surface area contributed by atoms with Crippen molar-refractivity contribution in [2.24, 2.45) is 0 Å². The van der Waals surface area contributed by atoms with Crippen LogP contribution in [0.2, 0.25) is 10.0 Å². The Bertz CT molecular complexity index is 1370. The SMILES string of the molecule is Cc1ccc(N2C(=O)[C@@H](Cc3cc(Cl)ccc3Cl)S/C2=C(/C#N)C(=O)Nc2ccc(F)cc2)cc1. The number of hydrogen-bond donors (Lipinski definition) is 1. The second-order valence-corrected chi connectivity index (χ2v) is 9.84. The lowest BCUT2D eigenvalue weighted by Crippen LogP contribution is -2.31. The molecule has 1 aliphatic heterocycles. The van der Waals surface area contributed by atoms with Gasteiger partial charge in [0.15, 0.2) is 0 Å². The van der Waals surface area contributed by atoms with Crippen LogP contribution in [0.3, 0.4) is 0 Å². The third-order valence-electron chi connectivity index (χ3n) is 5.31. The molecule has 5 nitrogen and oxygen atoms in total. The number of benzene rings is 3. The number of halogens is 3. The number of carbonyl (C=O) groups is 2. The quantitative estimate of drug-likeness (QED) is 0.304. The van der Waals surface area contributed by atoms with Crippen molar-refractivity contribution in [1.82, 2.24) is 0 Å². The highest BCUT2D eigenvalue weighted by Crippen LogP contribution is 2.42. The zero-order valence-electron chi connectivity index (χ0n) is 18.4. The van der Waals surface area contributed by atoms with Crippen LogP contribution in [0.15, 0.2) is 77.3 Å². The maximum atomic E-state index is 13.6. The fraction of sp³-hybridized carbons (Fsp3) is 0.115. The van der Waals surface area contributed by atoms with Gasteiger partial charge in [0.1, 0.15) is 22.5 Å². The van der Waals surface area contributed by atoms with Crippen LogP contribution < -0.4 is 10.2 Å². The van der Waals surface area contributed by atoms with Gasteiger partial charge in [0.2, 0.25) is 5.91 Å². The first-order valence-electron chi connectivity index (χ1n) is 10.5. The summed E-state index contributed by atoms with van der Waals surface area (Å²) in [4.78, 5) is 28.0. The van der Waals surface area contributed by atoms with Gasteiger partial charge in [-0.15, -0.1) is 0 Å². The Labute approximate surface area is 216 Å². The minimum Gasteiger partial charge on any atom is -0.321 e. The van der Waals surface area contributed by atoms with E-state index in [1.54, 1.807) is 30.3 Å². The molecule has 176 valence electrons. The lowest BCUT2D eigenvalue weighted by molar-refractivity contribution is -0.117. The molecule has 0 spiro atoms. The maximum Gasteiger partial charge on any atom is 0.269 e. The molecule has 1 aliphatic rings. The van der Waals surface area contributed by atoms with E-state index in [0.29, 0.717) is 27.0 Å². The molecule has 4 rings (SSSR count). The molecular formula is C26H18Cl2FN3O2S. The number of thioether (sulfide) groups is 1. The van der Waals surface area contributed by atoms with E-state index < -0.39 is 17.0 Å². The second-order valence-electron chi connectivity index (χ2n) is 7.81.